The summed E-state index contributed by atoms with van der Waals surface area (Å²) >= 11 is 0. The van der Waals surface area contributed by atoms with Crippen molar-refractivity contribution >= 4 is 5.91 Å². The van der Waals surface area contributed by atoms with E-state index >= 15 is 0 Å². The summed E-state index contributed by atoms with van der Waals surface area (Å²) < 4.78 is 0. The molecule has 0 heterocycles. The minimum atomic E-state index is -0.142. The molecule has 0 radical (unpaired) electrons. The highest BCUT2D eigenvalue weighted by Crippen LogP contribution is 2.12. The molecule has 0 aliphatic rings. The van der Waals surface area contributed by atoms with Crippen LogP contribution in [0.15, 0.2) is 30.3 Å². The Hall–Kier alpha value is -1.35. The van der Waals surface area contributed by atoms with Crippen LogP contribution in [0.3, 0.4) is 0 Å². The molecule has 1 aromatic rings. The van der Waals surface area contributed by atoms with Gasteiger partial charge in [0.15, 0.2) is 0 Å². The van der Waals surface area contributed by atoms with Crippen molar-refractivity contribution in [3.63, 3.8) is 0 Å². The Morgan fingerprint density at radius 2 is 1.90 bits per heavy atom. The summed E-state index contributed by atoms with van der Waals surface area (Å²) in [6.07, 6.45) is 2.87. The Kier molecular flexibility index (Phi) is 7.31. The van der Waals surface area contributed by atoms with E-state index in [2.05, 4.69) is 26.1 Å². The number of benzene rings is 1. The summed E-state index contributed by atoms with van der Waals surface area (Å²) in [6.45, 7) is 6.85. The lowest BCUT2D eigenvalue weighted by Crippen LogP contribution is -2.41. The molecule has 0 fully saturated rings. The first-order valence-corrected chi connectivity index (χ1v) is 7.61. The summed E-state index contributed by atoms with van der Waals surface area (Å²) in [4.78, 5) is 12.3. The molecule has 0 bridgehead atoms. The summed E-state index contributed by atoms with van der Waals surface area (Å²) in [7, 11) is 0. The molecule has 3 nitrogen and oxygen atoms in total. The van der Waals surface area contributed by atoms with Crippen LogP contribution in [-0.2, 0) is 11.2 Å². The van der Waals surface area contributed by atoms with Gasteiger partial charge in [0.1, 0.15) is 0 Å². The van der Waals surface area contributed by atoms with Gasteiger partial charge in [-0.2, -0.15) is 0 Å². The average molecular weight is 276 g/mol. The lowest BCUT2D eigenvalue weighted by molar-refractivity contribution is -0.125. The average Bonchev–Trinajstić information content (AvgIpc) is 2.45. The largest absolute Gasteiger partial charge is 0.353 e. The second kappa shape index (κ2) is 8.75. The molecular weight excluding hydrogens is 248 g/mol. The van der Waals surface area contributed by atoms with E-state index in [9.17, 15) is 4.79 Å². The smallest absolute Gasteiger partial charge is 0.224 e. The standard InChI is InChI=1S/C17H28N2O/c1-4-13(2)10-14(3)19-17(20)16(12-18)11-15-8-6-5-7-9-15/h5-9,13-14,16H,4,10-12,18H2,1-3H3,(H,19,20). The number of hydrogen-bond donors (Lipinski definition) is 2. The number of carbonyl (C=O) groups is 1. The van der Waals surface area contributed by atoms with Crippen molar-refractivity contribution in [1.29, 1.82) is 0 Å². The van der Waals surface area contributed by atoms with Crippen molar-refractivity contribution in [3.8, 4) is 0 Å². The Bertz CT molecular complexity index is 391. The third kappa shape index (κ3) is 5.74. The van der Waals surface area contributed by atoms with Crippen LogP contribution in [0.25, 0.3) is 0 Å². The molecule has 1 aromatic carbocycles. The molecule has 0 aromatic heterocycles. The molecule has 1 rings (SSSR count). The molecule has 112 valence electrons. The highest BCUT2D eigenvalue weighted by molar-refractivity contribution is 5.79. The SMILES string of the molecule is CCC(C)CC(C)NC(=O)C(CN)Cc1ccccc1. The third-order valence-corrected chi connectivity index (χ3v) is 3.82. The predicted molar refractivity (Wildman–Crippen MR) is 84.4 cm³/mol. The van der Waals surface area contributed by atoms with E-state index < -0.39 is 0 Å². The fourth-order valence-electron chi connectivity index (χ4n) is 2.37. The van der Waals surface area contributed by atoms with Crippen molar-refractivity contribution in [3.05, 3.63) is 35.9 Å². The van der Waals surface area contributed by atoms with Crippen LogP contribution >= 0.6 is 0 Å². The van der Waals surface area contributed by atoms with Gasteiger partial charge in [-0.05, 0) is 31.2 Å². The third-order valence-electron chi connectivity index (χ3n) is 3.82. The van der Waals surface area contributed by atoms with Crippen molar-refractivity contribution < 1.29 is 4.79 Å². The zero-order chi connectivity index (χ0) is 15.0. The van der Waals surface area contributed by atoms with Gasteiger partial charge in [-0.1, -0.05) is 50.6 Å². The van der Waals surface area contributed by atoms with Crippen LogP contribution < -0.4 is 11.1 Å². The van der Waals surface area contributed by atoms with E-state index in [1.807, 2.05) is 30.3 Å². The quantitative estimate of drug-likeness (QED) is 0.767. The van der Waals surface area contributed by atoms with Crippen molar-refractivity contribution in [2.45, 2.75) is 46.1 Å². The fourth-order valence-corrected chi connectivity index (χ4v) is 2.37. The summed E-state index contributed by atoms with van der Waals surface area (Å²) in [5.41, 5.74) is 6.92. The second-order valence-electron chi connectivity index (χ2n) is 5.78. The number of amides is 1. The van der Waals surface area contributed by atoms with Gasteiger partial charge in [-0.15, -0.1) is 0 Å². The van der Waals surface area contributed by atoms with Crippen LogP contribution in [0.5, 0.6) is 0 Å². The highest BCUT2D eigenvalue weighted by atomic mass is 16.1. The van der Waals surface area contributed by atoms with Gasteiger partial charge in [-0.3, -0.25) is 4.79 Å². The molecule has 3 unspecified atom stereocenters. The van der Waals surface area contributed by atoms with E-state index in [-0.39, 0.29) is 17.9 Å². The molecule has 0 aliphatic carbocycles. The van der Waals surface area contributed by atoms with E-state index in [1.165, 1.54) is 0 Å². The van der Waals surface area contributed by atoms with E-state index in [0.29, 0.717) is 18.9 Å². The normalized spacial score (nSPS) is 15.4. The van der Waals surface area contributed by atoms with Gasteiger partial charge in [0.25, 0.3) is 0 Å². The summed E-state index contributed by atoms with van der Waals surface area (Å²) in [5.74, 6) is 0.569. The number of hydrogen-bond acceptors (Lipinski definition) is 2. The van der Waals surface area contributed by atoms with E-state index in [0.717, 1.165) is 18.4 Å². The van der Waals surface area contributed by atoms with Crippen molar-refractivity contribution in [2.24, 2.45) is 17.6 Å². The first-order chi connectivity index (χ1) is 9.56. The maximum absolute atomic E-state index is 12.3. The Balaban J connectivity index is 2.50. The summed E-state index contributed by atoms with van der Waals surface area (Å²) in [6, 6.07) is 10.3. The zero-order valence-electron chi connectivity index (χ0n) is 12.9. The summed E-state index contributed by atoms with van der Waals surface area (Å²) in [5, 5.41) is 3.10. The van der Waals surface area contributed by atoms with Crippen LogP contribution in [0.2, 0.25) is 0 Å². The molecule has 20 heavy (non-hydrogen) atoms. The highest BCUT2D eigenvalue weighted by Gasteiger charge is 2.19. The van der Waals surface area contributed by atoms with E-state index in [4.69, 9.17) is 5.73 Å². The van der Waals surface area contributed by atoms with Gasteiger partial charge < -0.3 is 11.1 Å². The van der Waals surface area contributed by atoms with Crippen LogP contribution in [-0.4, -0.2) is 18.5 Å². The second-order valence-corrected chi connectivity index (χ2v) is 5.78. The van der Waals surface area contributed by atoms with Gasteiger partial charge in [0, 0.05) is 12.6 Å². The Morgan fingerprint density at radius 1 is 1.25 bits per heavy atom. The van der Waals surface area contributed by atoms with Crippen LogP contribution in [0, 0.1) is 11.8 Å². The van der Waals surface area contributed by atoms with E-state index in [1.54, 1.807) is 0 Å². The Labute approximate surface area is 122 Å². The molecular formula is C17H28N2O. The van der Waals surface area contributed by atoms with Crippen LogP contribution in [0.4, 0.5) is 0 Å². The molecule has 0 saturated carbocycles. The molecule has 3 atom stereocenters. The fraction of sp³-hybridized carbons (Fsp3) is 0.588. The monoisotopic (exact) mass is 276 g/mol. The molecule has 1 amide bonds. The van der Waals surface area contributed by atoms with Crippen molar-refractivity contribution in [2.75, 3.05) is 6.54 Å². The lowest BCUT2D eigenvalue weighted by atomic mass is 9.96. The number of rotatable bonds is 8. The molecule has 0 spiro atoms. The molecule has 3 heteroatoms. The van der Waals surface area contributed by atoms with Gasteiger partial charge >= 0.3 is 0 Å². The van der Waals surface area contributed by atoms with Gasteiger partial charge in [0.2, 0.25) is 5.91 Å². The maximum Gasteiger partial charge on any atom is 0.224 e. The predicted octanol–water partition coefficient (Wildman–Crippen LogP) is 2.74. The number of carbonyl (C=O) groups excluding carboxylic acids is 1. The minimum absolute atomic E-state index is 0.0761. The Morgan fingerprint density at radius 3 is 2.45 bits per heavy atom. The van der Waals surface area contributed by atoms with Gasteiger partial charge in [-0.25, -0.2) is 0 Å². The molecule has 3 N–H and O–H groups in total. The topological polar surface area (TPSA) is 55.1 Å². The van der Waals surface area contributed by atoms with Crippen molar-refractivity contribution in [1.82, 2.24) is 5.32 Å². The minimum Gasteiger partial charge on any atom is -0.353 e. The number of nitrogens with one attached hydrogen (secondary N) is 1. The lowest BCUT2D eigenvalue weighted by Gasteiger charge is -2.21. The number of nitrogens with two attached hydrogens (primary N) is 1. The van der Waals surface area contributed by atoms with Gasteiger partial charge in [0.05, 0.1) is 5.92 Å². The maximum atomic E-state index is 12.3. The molecule has 0 saturated heterocycles. The first kappa shape index (κ1) is 16.7. The molecule has 0 aliphatic heterocycles. The first-order valence-electron chi connectivity index (χ1n) is 7.61. The van der Waals surface area contributed by atoms with Crippen LogP contribution in [0.1, 0.15) is 39.2 Å². The zero-order valence-corrected chi connectivity index (χ0v) is 12.9.